The van der Waals surface area contributed by atoms with E-state index in [2.05, 4.69) is 36.3 Å². The Labute approximate surface area is 160 Å². The summed E-state index contributed by atoms with van der Waals surface area (Å²) in [7, 11) is 0. The number of aromatic nitrogens is 1. The van der Waals surface area contributed by atoms with Gasteiger partial charge in [0.25, 0.3) is 0 Å². The lowest BCUT2D eigenvalue weighted by molar-refractivity contribution is -0.121. The van der Waals surface area contributed by atoms with Gasteiger partial charge in [-0.3, -0.25) is 14.7 Å². The van der Waals surface area contributed by atoms with Crippen LogP contribution in [-0.4, -0.2) is 48.0 Å². The number of hydrogen-bond acceptors (Lipinski definition) is 3. The van der Waals surface area contributed by atoms with Crippen molar-refractivity contribution in [3.63, 3.8) is 0 Å². The van der Waals surface area contributed by atoms with E-state index in [0.717, 1.165) is 17.7 Å². The Balaban J connectivity index is 1.48. The molecule has 1 aromatic heterocycles. The summed E-state index contributed by atoms with van der Waals surface area (Å²) in [6.07, 6.45) is 4.22. The molecule has 1 saturated heterocycles. The Kier molecular flexibility index (Phi) is 6.06. The Morgan fingerprint density at radius 3 is 2.48 bits per heavy atom. The van der Waals surface area contributed by atoms with Crippen LogP contribution >= 0.6 is 0 Å². The zero-order chi connectivity index (χ0) is 19.2. The molecule has 27 heavy (non-hydrogen) atoms. The van der Waals surface area contributed by atoms with Crippen molar-refractivity contribution in [1.29, 1.82) is 0 Å². The minimum absolute atomic E-state index is 0.0930. The number of pyridine rings is 1. The van der Waals surface area contributed by atoms with Crippen molar-refractivity contribution in [2.24, 2.45) is 0 Å². The molecule has 0 spiro atoms. The van der Waals surface area contributed by atoms with Crippen molar-refractivity contribution in [2.75, 3.05) is 31.1 Å². The highest BCUT2D eigenvalue weighted by atomic mass is 16.2. The first-order valence-corrected chi connectivity index (χ1v) is 9.36. The fourth-order valence-corrected chi connectivity index (χ4v) is 3.13. The number of rotatable bonds is 7. The van der Waals surface area contributed by atoms with E-state index in [4.69, 9.17) is 0 Å². The highest BCUT2D eigenvalue weighted by molar-refractivity contribution is 5.96. The molecule has 2 heterocycles. The summed E-state index contributed by atoms with van der Waals surface area (Å²) in [5.41, 5.74) is 3.25. The van der Waals surface area contributed by atoms with Crippen LogP contribution in [-0.2, 0) is 11.2 Å². The van der Waals surface area contributed by atoms with Gasteiger partial charge >= 0.3 is 6.03 Å². The predicted octanol–water partition coefficient (Wildman–Crippen LogP) is 2.81. The Bertz CT molecular complexity index is 775. The van der Waals surface area contributed by atoms with Gasteiger partial charge in [-0.05, 0) is 47.7 Å². The molecule has 1 fully saturated rings. The van der Waals surface area contributed by atoms with Crippen LogP contribution in [0.25, 0.3) is 0 Å². The molecule has 0 unspecified atom stereocenters. The summed E-state index contributed by atoms with van der Waals surface area (Å²) in [4.78, 5) is 32.1. The van der Waals surface area contributed by atoms with Crippen molar-refractivity contribution >= 4 is 17.6 Å². The molecule has 0 bridgehead atoms. The second-order valence-electron chi connectivity index (χ2n) is 7.06. The van der Waals surface area contributed by atoms with Crippen molar-refractivity contribution in [2.45, 2.75) is 26.2 Å². The Morgan fingerprint density at radius 1 is 1.11 bits per heavy atom. The number of nitrogens with one attached hydrogen (secondary N) is 1. The topological polar surface area (TPSA) is 65.5 Å². The summed E-state index contributed by atoms with van der Waals surface area (Å²) < 4.78 is 0. The van der Waals surface area contributed by atoms with Crippen molar-refractivity contribution < 1.29 is 9.59 Å². The standard InChI is InChI=1S/C21H26N4O2/c1-16(2)18-3-5-19(6-4-18)25-14-13-24(21(25)27)15-20(26)23-12-9-17-7-10-22-11-8-17/h3-8,10-11,16H,9,12-15H2,1-2H3,(H,23,26). The monoisotopic (exact) mass is 366 g/mol. The third kappa shape index (κ3) is 4.84. The first kappa shape index (κ1) is 18.9. The smallest absolute Gasteiger partial charge is 0.325 e. The average molecular weight is 366 g/mol. The maximum absolute atomic E-state index is 12.6. The number of nitrogens with zero attached hydrogens (tertiary/aromatic N) is 3. The molecule has 1 aliphatic rings. The number of urea groups is 1. The second kappa shape index (κ2) is 8.66. The lowest BCUT2D eigenvalue weighted by Gasteiger charge is -2.19. The van der Waals surface area contributed by atoms with Gasteiger partial charge in [-0.15, -0.1) is 0 Å². The summed E-state index contributed by atoms with van der Waals surface area (Å²) in [5.74, 6) is 0.329. The lowest BCUT2D eigenvalue weighted by Crippen LogP contribution is -2.40. The van der Waals surface area contributed by atoms with E-state index >= 15 is 0 Å². The van der Waals surface area contributed by atoms with E-state index in [1.807, 2.05) is 24.3 Å². The summed E-state index contributed by atoms with van der Waals surface area (Å²) in [5, 5.41) is 2.88. The number of anilines is 1. The van der Waals surface area contributed by atoms with E-state index in [9.17, 15) is 9.59 Å². The largest absolute Gasteiger partial charge is 0.354 e. The maximum atomic E-state index is 12.6. The fourth-order valence-electron chi connectivity index (χ4n) is 3.13. The van der Waals surface area contributed by atoms with Gasteiger partial charge < -0.3 is 10.2 Å². The van der Waals surface area contributed by atoms with Gasteiger partial charge in [-0.2, -0.15) is 0 Å². The van der Waals surface area contributed by atoms with Gasteiger partial charge in [0.15, 0.2) is 0 Å². The number of benzene rings is 1. The van der Waals surface area contributed by atoms with Gasteiger partial charge in [0.1, 0.15) is 6.54 Å². The van der Waals surface area contributed by atoms with Crippen LogP contribution in [0.2, 0.25) is 0 Å². The average Bonchev–Trinajstić information content (AvgIpc) is 3.03. The molecule has 1 aromatic carbocycles. The third-order valence-corrected chi connectivity index (χ3v) is 4.79. The van der Waals surface area contributed by atoms with Crippen LogP contribution in [0.1, 0.15) is 30.9 Å². The van der Waals surface area contributed by atoms with Crippen molar-refractivity contribution in [3.05, 3.63) is 59.9 Å². The first-order valence-electron chi connectivity index (χ1n) is 9.36. The molecule has 1 aliphatic heterocycles. The van der Waals surface area contributed by atoms with Gasteiger partial charge in [0.05, 0.1) is 0 Å². The minimum atomic E-state index is -0.130. The maximum Gasteiger partial charge on any atom is 0.325 e. The van der Waals surface area contributed by atoms with Gasteiger partial charge in [-0.25, -0.2) is 4.79 Å². The van der Waals surface area contributed by atoms with Gasteiger partial charge in [-0.1, -0.05) is 26.0 Å². The molecule has 2 aromatic rings. The lowest BCUT2D eigenvalue weighted by atomic mass is 10.0. The van der Waals surface area contributed by atoms with E-state index in [0.29, 0.717) is 25.6 Å². The van der Waals surface area contributed by atoms with Crippen LogP contribution in [0.3, 0.4) is 0 Å². The van der Waals surface area contributed by atoms with Crippen LogP contribution in [0.5, 0.6) is 0 Å². The van der Waals surface area contributed by atoms with Crippen molar-refractivity contribution in [1.82, 2.24) is 15.2 Å². The summed E-state index contributed by atoms with van der Waals surface area (Å²) in [6, 6.07) is 11.8. The quantitative estimate of drug-likeness (QED) is 0.819. The normalized spacial score (nSPS) is 14.1. The van der Waals surface area contributed by atoms with E-state index < -0.39 is 0 Å². The molecule has 1 N–H and O–H groups in total. The fraction of sp³-hybridized carbons (Fsp3) is 0.381. The Hall–Kier alpha value is -2.89. The highest BCUT2D eigenvalue weighted by Gasteiger charge is 2.30. The van der Waals surface area contributed by atoms with Crippen LogP contribution in [0, 0.1) is 0 Å². The Morgan fingerprint density at radius 2 is 1.81 bits per heavy atom. The number of hydrogen-bond donors (Lipinski definition) is 1. The highest BCUT2D eigenvalue weighted by Crippen LogP contribution is 2.23. The van der Waals surface area contributed by atoms with Gasteiger partial charge in [0, 0.05) is 37.7 Å². The summed E-state index contributed by atoms with van der Waals surface area (Å²) in [6.45, 7) is 6.09. The number of carbonyl (C=O) groups is 2. The molecule has 6 heteroatoms. The number of amides is 3. The van der Waals surface area contributed by atoms with Gasteiger partial charge in [0.2, 0.25) is 5.91 Å². The molecular formula is C21H26N4O2. The predicted molar refractivity (Wildman–Crippen MR) is 106 cm³/mol. The number of carbonyl (C=O) groups excluding carboxylic acids is 2. The zero-order valence-electron chi connectivity index (χ0n) is 15.9. The SMILES string of the molecule is CC(C)c1ccc(N2CCN(CC(=O)NCCc3ccncc3)C2=O)cc1. The van der Waals surface area contributed by atoms with Crippen molar-refractivity contribution in [3.8, 4) is 0 Å². The third-order valence-electron chi connectivity index (χ3n) is 4.79. The molecule has 142 valence electrons. The van der Waals surface area contributed by atoms with E-state index in [1.165, 1.54) is 5.56 Å². The van der Waals surface area contributed by atoms with Crippen LogP contribution in [0.4, 0.5) is 10.5 Å². The molecule has 3 amide bonds. The summed E-state index contributed by atoms with van der Waals surface area (Å²) >= 11 is 0. The molecule has 0 radical (unpaired) electrons. The zero-order valence-corrected chi connectivity index (χ0v) is 15.9. The molecule has 0 atom stereocenters. The molecule has 3 rings (SSSR count). The van der Waals surface area contributed by atoms with E-state index in [-0.39, 0.29) is 18.5 Å². The van der Waals surface area contributed by atoms with Crippen LogP contribution in [0.15, 0.2) is 48.8 Å². The minimum Gasteiger partial charge on any atom is -0.354 e. The molecule has 0 saturated carbocycles. The molecule has 6 nitrogen and oxygen atoms in total. The second-order valence-corrected chi connectivity index (χ2v) is 7.06. The molecule has 0 aliphatic carbocycles. The first-order chi connectivity index (χ1) is 13.0. The van der Waals surface area contributed by atoms with Crippen LogP contribution < -0.4 is 10.2 Å². The van der Waals surface area contributed by atoms with E-state index in [1.54, 1.807) is 22.2 Å². The molecular weight excluding hydrogens is 340 g/mol.